The third-order valence-corrected chi connectivity index (χ3v) is 4.36. The maximum Gasteiger partial charge on any atom is 0.416 e. The van der Waals surface area contributed by atoms with E-state index in [0.717, 1.165) is 29.6 Å². The van der Waals surface area contributed by atoms with Gasteiger partial charge in [-0.05, 0) is 43.4 Å². The van der Waals surface area contributed by atoms with E-state index in [9.17, 15) is 13.2 Å². The summed E-state index contributed by atoms with van der Waals surface area (Å²) in [6.45, 7) is 1.37. The smallest absolute Gasteiger partial charge is 0.416 e. The number of fused-ring (bicyclic) bond motifs is 3. The zero-order valence-electron chi connectivity index (χ0n) is 15.0. The number of hydrogen-bond donors (Lipinski definition) is 2. The Bertz CT molecular complexity index is 1120. The van der Waals surface area contributed by atoms with E-state index in [1.165, 1.54) is 12.1 Å². The fraction of sp³-hybridized carbons (Fsp3) is 0.200. The number of rotatable bonds is 5. The number of halogens is 3. The van der Waals surface area contributed by atoms with Gasteiger partial charge in [-0.3, -0.25) is 0 Å². The molecule has 4 rings (SSSR count). The average Bonchev–Trinajstić information content (AvgIpc) is 3.13. The van der Waals surface area contributed by atoms with Crippen LogP contribution in [-0.2, 0) is 6.18 Å². The van der Waals surface area contributed by atoms with Crippen LogP contribution in [0.3, 0.4) is 0 Å². The largest absolute Gasteiger partial charge is 0.435 e. The van der Waals surface area contributed by atoms with E-state index in [-0.39, 0.29) is 5.89 Å². The number of nitrogens with one attached hydrogen (secondary N) is 2. The molecule has 2 N–H and O–H groups in total. The van der Waals surface area contributed by atoms with Crippen molar-refractivity contribution in [2.45, 2.75) is 6.18 Å². The second kappa shape index (κ2) is 7.12. The summed E-state index contributed by atoms with van der Waals surface area (Å²) in [7, 11) is 1.85. The number of oxazole rings is 1. The minimum absolute atomic E-state index is 0.249. The van der Waals surface area contributed by atoms with Crippen molar-refractivity contribution in [1.82, 2.24) is 15.3 Å². The van der Waals surface area contributed by atoms with Crippen molar-refractivity contribution in [3.05, 3.63) is 54.1 Å². The highest BCUT2D eigenvalue weighted by Gasteiger charge is 2.30. The van der Waals surface area contributed by atoms with Crippen LogP contribution in [0.25, 0.3) is 33.5 Å². The van der Waals surface area contributed by atoms with Crippen molar-refractivity contribution >= 4 is 27.8 Å². The Morgan fingerprint density at radius 2 is 1.71 bits per heavy atom. The molecule has 28 heavy (non-hydrogen) atoms. The van der Waals surface area contributed by atoms with Crippen LogP contribution in [0.1, 0.15) is 5.56 Å². The van der Waals surface area contributed by atoms with Gasteiger partial charge in [0.05, 0.1) is 11.1 Å². The monoisotopic (exact) mass is 386 g/mol. The average molecular weight is 386 g/mol. The van der Waals surface area contributed by atoms with E-state index in [2.05, 4.69) is 20.6 Å². The Morgan fingerprint density at radius 1 is 0.964 bits per heavy atom. The third-order valence-electron chi connectivity index (χ3n) is 4.36. The predicted octanol–water partition coefficient (Wildman–Crippen LogP) is 4.69. The summed E-state index contributed by atoms with van der Waals surface area (Å²) >= 11 is 0. The van der Waals surface area contributed by atoms with Crippen LogP contribution in [-0.4, -0.2) is 30.1 Å². The Morgan fingerprint density at radius 3 is 2.43 bits per heavy atom. The van der Waals surface area contributed by atoms with Gasteiger partial charge in [-0.1, -0.05) is 12.1 Å². The molecule has 0 saturated heterocycles. The molecular formula is C20H17F3N4O. The minimum atomic E-state index is -4.38. The highest BCUT2D eigenvalue weighted by Crippen LogP contribution is 2.34. The van der Waals surface area contributed by atoms with Gasteiger partial charge < -0.3 is 15.1 Å². The number of aromatic nitrogens is 2. The standard InChI is InChI=1S/C20H17F3N4O/c1-24-10-11-25-18-16-17(14-4-2-3-5-15(14)26-18)28-19(27-16)12-6-8-13(9-7-12)20(21,22)23/h2-9,24H,10-11H2,1H3,(H,25,26). The van der Waals surface area contributed by atoms with Crippen molar-refractivity contribution < 1.29 is 17.6 Å². The number of benzene rings is 2. The summed E-state index contributed by atoms with van der Waals surface area (Å²) in [6.07, 6.45) is -4.38. The number of anilines is 1. The number of likely N-dealkylation sites (N-methyl/N-ethyl adjacent to an activating group) is 1. The Balaban J connectivity index is 1.82. The number of para-hydroxylation sites is 1. The normalized spacial score (nSPS) is 12.0. The first kappa shape index (κ1) is 18.2. The number of nitrogens with zero attached hydrogens (tertiary/aromatic N) is 2. The lowest BCUT2D eigenvalue weighted by Gasteiger charge is -2.07. The Labute approximate surface area is 158 Å². The molecule has 0 radical (unpaired) electrons. The van der Waals surface area contributed by atoms with Crippen LogP contribution in [0.15, 0.2) is 52.9 Å². The maximum atomic E-state index is 12.8. The summed E-state index contributed by atoms with van der Waals surface area (Å²) in [5.41, 5.74) is 1.59. The zero-order valence-corrected chi connectivity index (χ0v) is 15.0. The SMILES string of the molecule is CNCCNc1nc2ccccc2c2oc(-c3ccc(C(F)(F)F)cc3)nc12. The number of pyridine rings is 1. The van der Waals surface area contributed by atoms with E-state index in [4.69, 9.17) is 4.42 Å². The van der Waals surface area contributed by atoms with Crippen molar-refractivity contribution in [3.63, 3.8) is 0 Å². The highest BCUT2D eigenvalue weighted by molar-refractivity contribution is 6.05. The molecule has 8 heteroatoms. The van der Waals surface area contributed by atoms with Gasteiger partial charge in [-0.2, -0.15) is 13.2 Å². The van der Waals surface area contributed by atoms with Crippen molar-refractivity contribution in [1.29, 1.82) is 0 Å². The third kappa shape index (κ3) is 3.38. The summed E-state index contributed by atoms with van der Waals surface area (Å²) in [4.78, 5) is 9.13. The molecule has 0 aliphatic rings. The molecule has 2 aromatic carbocycles. The van der Waals surface area contributed by atoms with E-state index in [1.807, 2.05) is 31.3 Å². The van der Waals surface area contributed by atoms with Gasteiger partial charge in [0.1, 0.15) is 0 Å². The molecule has 2 heterocycles. The molecular weight excluding hydrogens is 369 g/mol. The van der Waals surface area contributed by atoms with Crippen LogP contribution in [0.5, 0.6) is 0 Å². The molecule has 2 aromatic heterocycles. The molecule has 0 aliphatic carbocycles. The maximum absolute atomic E-state index is 12.8. The highest BCUT2D eigenvalue weighted by atomic mass is 19.4. The first-order valence-electron chi connectivity index (χ1n) is 8.73. The second-order valence-corrected chi connectivity index (χ2v) is 6.28. The van der Waals surface area contributed by atoms with Crippen LogP contribution in [0, 0.1) is 0 Å². The van der Waals surface area contributed by atoms with Crippen LogP contribution < -0.4 is 10.6 Å². The van der Waals surface area contributed by atoms with Crippen LogP contribution >= 0.6 is 0 Å². The molecule has 0 unspecified atom stereocenters. The lowest BCUT2D eigenvalue weighted by Crippen LogP contribution is -2.18. The lowest BCUT2D eigenvalue weighted by atomic mass is 10.1. The summed E-state index contributed by atoms with van der Waals surface area (Å²) < 4.78 is 44.4. The van der Waals surface area contributed by atoms with Crippen LogP contribution in [0.4, 0.5) is 19.0 Å². The molecule has 0 fully saturated rings. The molecule has 0 spiro atoms. The van der Waals surface area contributed by atoms with Gasteiger partial charge in [0.15, 0.2) is 16.9 Å². The second-order valence-electron chi connectivity index (χ2n) is 6.28. The summed E-state index contributed by atoms with van der Waals surface area (Å²) in [5, 5.41) is 7.07. The Hall–Kier alpha value is -3.13. The van der Waals surface area contributed by atoms with E-state index >= 15 is 0 Å². The number of hydrogen-bond acceptors (Lipinski definition) is 5. The van der Waals surface area contributed by atoms with Gasteiger partial charge in [-0.15, -0.1) is 0 Å². The molecule has 0 aliphatic heterocycles. The van der Waals surface area contributed by atoms with Gasteiger partial charge >= 0.3 is 6.18 Å². The first-order valence-corrected chi connectivity index (χ1v) is 8.73. The molecule has 4 aromatic rings. The fourth-order valence-electron chi connectivity index (χ4n) is 2.95. The zero-order chi connectivity index (χ0) is 19.7. The first-order chi connectivity index (χ1) is 13.5. The quantitative estimate of drug-likeness (QED) is 0.487. The van der Waals surface area contributed by atoms with Crippen molar-refractivity contribution in [2.75, 3.05) is 25.5 Å². The Kier molecular flexibility index (Phi) is 4.64. The van der Waals surface area contributed by atoms with E-state index in [1.54, 1.807) is 0 Å². The molecule has 0 saturated carbocycles. The van der Waals surface area contributed by atoms with Gasteiger partial charge in [0.25, 0.3) is 0 Å². The molecule has 0 atom stereocenters. The van der Waals surface area contributed by atoms with Crippen molar-refractivity contribution in [2.24, 2.45) is 0 Å². The van der Waals surface area contributed by atoms with E-state index in [0.29, 0.717) is 29.0 Å². The topological polar surface area (TPSA) is 63.0 Å². The summed E-state index contributed by atoms with van der Waals surface area (Å²) in [5.74, 6) is 0.824. The molecule has 5 nitrogen and oxygen atoms in total. The number of alkyl halides is 3. The van der Waals surface area contributed by atoms with Crippen LogP contribution in [0.2, 0.25) is 0 Å². The molecule has 0 amide bonds. The minimum Gasteiger partial charge on any atom is -0.435 e. The van der Waals surface area contributed by atoms with Crippen molar-refractivity contribution in [3.8, 4) is 11.5 Å². The summed E-state index contributed by atoms with van der Waals surface area (Å²) in [6, 6.07) is 12.3. The van der Waals surface area contributed by atoms with Gasteiger partial charge in [0.2, 0.25) is 5.89 Å². The van der Waals surface area contributed by atoms with E-state index < -0.39 is 11.7 Å². The fourth-order valence-corrected chi connectivity index (χ4v) is 2.95. The predicted molar refractivity (Wildman–Crippen MR) is 102 cm³/mol. The van der Waals surface area contributed by atoms with Gasteiger partial charge in [0, 0.05) is 24.0 Å². The van der Waals surface area contributed by atoms with Gasteiger partial charge in [-0.25, -0.2) is 9.97 Å². The molecule has 144 valence electrons. The molecule has 0 bridgehead atoms. The lowest BCUT2D eigenvalue weighted by molar-refractivity contribution is -0.137.